The summed E-state index contributed by atoms with van der Waals surface area (Å²) in [5.41, 5.74) is 0.187. The number of carbonyl (C=O) groups is 1. The average Bonchev–Trinajstić information content (AvgIpc) is 2.95. The molecule has 0 aromatic heterocycles. The van der Waals surface area contributed by atoms with Crippen LogP contribution in [0, 0.1) is 0 Å². The standard InChI is InChI=1S/C17H20O5/c1-16(2)20-13-14(19-10-11-6-4-3-5-7-11)17(9-8-12(17)18)22-15(13)21-16/h3-7,13-15H,8-10H2,1-2H3/t13-,14?,15-,17+/m0/s1. The highest BCUT2D eigenvalue weighted by Crippen LogP contribution is 2.50. The molecule has 0 N–H and O–H groups in total. The molecule has 5 heteroatoms. The van der Waals surface area contributed by atoms with Crippen molar-refractivity contribution < 1.29 is 23.7 Å². The lowest BCUT2D eigenvalue weighted by Gasteiger charge is -2.41. The first kappa shape index (κ1) is 14.3. The fraction of sp³-hybridized carbons (Fsp3) is 0.588. The predicted octanol–water partition coefficient (Wildman–Crippen LogP) is 2.18. The first-order valence-corrected chi connectivity index (χ1v) is 7.72. The molecule has 3 fully saturated rings. The minimum atomic E-state index is -0.874. The minimum Gasteiger partial charge on any atom is -0.367 e. The Hall–Kier alpha value is -1.27. The van der Waals surface area contributed by atoms with E-state index in [-0.39, 0.29) is 11.9 Å². The van der Waals surface area contributed by atoms with Gasteiger partial charge in [0.1, 0.15) is 12.2 Å². The molecule has 1 spiro atoms. The van der Waals surface area contributed by atoms with Crippen LogP contribution < -0.4 is 0 Å². The van der Waals surface area contributed by atoms with Gasteiger partial charge in [0, 0.05) is 6.42 Å². The monoisotopic (exact) mass is 304 g/mol. The van der Waals surface area contributed by atoms with E-state index in [0.717, 1.165) is 5.56 Å². The summed E-state index contributed by atoms with van der Waals surface area (Å²) in [7, 11) is 0. The zero-order chi connectivity index (χ0) is 15.4. The molecule has 1 unspecified atom stereocenters. The molecular weight excluding hydrogens is 284 g/mol. The van der Waals surface area contributed by atoms with Crippen LogP contribution in [0.1, 0.15) is 32.3 Å². The molecule has 1 aromatic carbocycles. The SMILES string of the molecule is CC1(C)O[C@H]2O[C@@]3(CCC3=O)C(OCc3ccccc3)[C@@H]2O1. The fourth-order valence-corrected chi connectivity index (χ4v) is 3.48. The maximum atomic E-state index is 12.2. The number of hydrogen-bond acceptors (Lipinski definition) is 5. The third-order valence-corrected chi connectivity index (χ3v) is 4.64. The lowest BCUT2D eigenvalue weighted by molar-refractivity contribution is -0.250. The molecule has 2 heterocycles. The number of Topliss-reactive ketones (excluding diaryl/α,β-unsaturated/α-hetero) is 1. The second-order valence-electron chi connectivity index (χ2n) is 6.62. The predicted molar refractivity (Wildman–Crippen MR) is 76.9 cm³/mol. The van der Waals surface area contributed by atoms with E-state index in [1.165, 1.54) is 0 Å². The van der Waals surface area contributed by atoms with E-state index in [1.807, 2.05) is 44.2 Å². The van der Waals surface area contributed by atoms with Crippen molar-refractivity contribution in [3.63, 3.8) is 0 Å². The van der Waals surface area contributed by atoms with E-state index < -0.39 is 23.8 Å². The molecule has 1 aliphatic carbocycles. The van der Waals surface area contributed by atoms with Gasteiger partial charge < -0.3 is 18.9 Å². The van der Waals surface area contributed by atoms with Crippen molar-refractivity contribution in [1.82, 2.24) is 0 Å². The van der Waals surface area contributed by atoms with Gasteiger partial charge in [-0.05, 0) is 25.8 Å². The van der Waals surface area contributed by atoms with Crippen molar-refractivity contribution in [1.29, 1.82) is 0 Å². The van der Waals surface area contributed by atoms with Crippen molar-refractivity contribution in [3.05, 3.63) is 35.9 Å². The molecule has 2 aliphatic heterocycles. The Labute approximate surface area is 129 Å². The summed E-state index contributed by atoms with van der Waals surface area (Å²) in [6.07, 6.45) is -0.0943. The Morgan fingerprint density at radius 2 is 1.95 bits per heavy atom. The van der Waals surface area contributed by atoms with E-state index >= 15 is 0 Å². The van der Waals surface area contributed by atoms with E-state index in [4.69, 9.17) is 18.9 Å². The Kier molecular flexibility index (Phi) is 3.17. The van der Waals surface area contributed by atoms with Crippen molar-refractivity contribution in [2.75, 3.05) is 0 Å². The van der Waals surface area contributed by atoms with Crippen LogP contribution >= 0.6 is 0 Å². The van der Waals surface area contributed by atoms with Gasteiger partial charge in [-0.1, -0.05) is 30.3 Å². The second-order valence-corrected chi connectivity index (χ2v) is 6.62. The summed E-state index contributed by atoms with van der Waals surface area (Å²) in [4.78, 5) is 12.2. The number of fused-ring (bicyclic) bond motifs is 1. The molecule has 5 nitrogen and oxygen atoms in total. The van der Waals surface area contributed by atoms with Gasteiger partial charge in [-0.3, -0.25) is 4.79 Å². The minimum absolute atomic E-state index is 0.0879. The van der Waals surface area contributed by atoms with Crippen LogP contribution in [0.3, 0.4) is 0 Å². The number of carbonyl (C=O) groups excluding carboxylic acids is 1. The molecule has 2 saturated heterocycles. The van der Waals surface area contributed by atoms with E-state index in [2.05, 4.69) is 0 Å². The van der Waals surface area contributed by atoms with Crippen LogP contribution in [0.4, 0.5) is 0 Å². The number of hydrogen-bond donors (Lipinski definition) is 0. The summed E-state index contributed by atoms with van der Waals surface area (Å²) in [6.45, 7) is 4.12. The third-order valence-electron chi connectivity index (χ3n) is 4.64. The smallest absolute Gasteiger partial charge is 0.191 e. The molecule has 1 aromatic rings. The van der Waals surface area contributed by atoms with E-state index in [1.54, 1.807) is 0 Å². The number of ether oxygens (including phenoxy) is 4. The fourth-order valence-electron chi connectivity index (χ4n) is 3.48. The van der Waals surface area contributed by atoms with Gasteiger partial charge in [-0.25, -0.2) is 0 Å². The third kappa shape index (κ3) is 2.12. The van der Waals surface area contributed by atoms with Gasteiger partial charge >= 0.3 is 0 Å². The molecule has 4 atom stereocenters. The lowest BCUT2D eigenvalue weighted by atomic mass is 9.74. The molecule has 4 rings (SSSR count). The largest absolute Gasteiger partial charge is 0.367 e. The maximum absolute atomic E-state index is 12.2. The molecule has 3 aliphatic rings. The lowest BCUT2D eigenvalue weighted by Crippen LogP contribution is -2.58. The average molecular weight is 304 g/mol. The Balaban J connectivity index is 1.55. The molecule has 22 heavy (non-hydrogen) atoms. The summed E-state index contributed by atoms with van der Waals surface area (Å²) < 4.78 is 23.7. The van der Waals surface area contributed by atoms with Crippen molar-refractivity contribution in [2.24, 2.45) is 0 Å². The Morgan fingerprint density at radius 1 is 1.18 bits per heavy atom. The van der Waals surface area contributed by atoms with Crippen LogP contribution in [-0.2, 0) is 30.3 Å². The van der Waals surface area contributed by atoms with Crippen LogP contribution in [0.5, 0.6) is 0 Å². The van der Waals surface area contributed by atoms with Gasteiger partial charge in [0.2, 0.25) is 0 Å². The normalized spacial score (nSPS) is 39.0. The van der Waals surface area contributed by atoms with Gasteiger partial charge in [0.15, 0.2) is 23.5 Å². The topological polar surface area (TPSA) is 54.0 Å². The maximum Gasteiger partial charge on any atom is 0.191 e. The van der Waals surface area contributed by atoms with E-state index in [9.17, 15) is 4.79 Å². The molecule has 0 radical (unpaired) electrons. The van der Waals surface area contributed by atoms with Gasteiger partial charge in [-0.15, -0.1) is 0 Å². The van der Waals surface area contributed by atoms with E-state index in [0.29, 0.717) is 19.4 Å². The molecule has 118 valence electrons. The first-order chi connectivity index (χ1) is 10.5. The summed E-state index contributed by atoms with van der Waals surface area (Å²) >= 11 is 0. The van der Waals surface area contributed by atoms with Crippen LogP contribution in [-0.4, -0.2) is 35.7 Å². The summed E-state index contributed by atoms with van der Waals surface area (Å²) in [6, 6.07) is 9.90. The highest BCUT2D eigenvalue weighted by Gasteiger charge is 2.68. The summed E-state index contributed by atoms with van der Waals surface area (Å²) in [5, 5.41) is 0. The quantitative estimate of drug-likeness (QED) is 0.856. The van der Waals surface area contributed by atoms with Gasteiger partial charge in [-0.2, -0.15) is 0 Å². The number of ketones is 1. The summed E-state index contributed by atoms with van der Waals surface area (Å²) in [5.74, 6) is -0.622. The highest BCUT2D eigenvalue weighted by atomic mass is 16.8. The molecule has 0 amide bonds. The number of rotatable bonds is 3. The van der Waals surface area contributed by atoms with Crippen LogP contribution in [0.2, 0.25) is 0 Å². The van der Waals surface area contributed by atoms with Crippen molar-refractivity contribution >= 4 is 5.78 Å². The first-order valence-electron chi connectivity index (χ1n) is 7.72. The zero-order valence-electron chi connectivity index (χ0n) is 12.8. The highest BCUT2D eigenvalue weighted by molar-refractivity contribution is 5.94. The van der Waals surface area contributed by atoms with Gasteiger partial charge in [0.05, 0.1) is 6.61 Å². The molecular formula is C17H20O5. The second kappa shape index (κ2) is 4.86. The van der Waals surface area contributed by atoms with Crippen molar-refractivity contribution in [2.45, 2.75) is 63.2 Å². The molecule has 0 bridgehead atoms. The van der Waals surface area contributed by atoms with Crippen LogP contribution in [0.25, 0.3) is 0 Å². The number of benzene rings is 1. The van der Waals surface area contributed by atoms with Crippen LogP contribution in [0.15, 0.2) is 30.3 Å². The van der Waals surface area contributed by atoms with Gasteiger partial charge in [0.25, 0.3) is 0 Å². The Morgan fingerprint density at radius 3 is 2.59 bits per heavy atom. The van der Waals surface area contributed by atoms with Crippen molar-refractivity contribution in [3.8, 4) is 0 Å². The zero-order valence-corrected chi connectivity index (χ0v) is 12.8. The Bertz CT molecular complexity index is 584. The molecule has 1 saturated carbocycles.